The van der Waals surface area contributed by atoms with Crippen LogP contribution in [0.1, 0.15) is 35.6 Å². The number of carboxylic acid groups (broad SMARTS) is 1. The number of carbonyl (C=O) groups excluding carboxylic acids is 2. The Labute approximate surface area is 173 Å². The third-order valence-corrected chi connectivity index (χ3v) is 5.09. The molecule has 0 aromatic heterocycles. The van der Waals surface area contributed by atoms with Crippen molar-refractivity contribution >= 4 is 35.0 Å². The summed E-state index contributed by atoms with van der Waals surface area (Å²) in [6, 6.07) is 12.8. The van der Waals surface area contributed by atoms with Crippen LogP contribution in [0.3, 0.4) is 0 Å². The first-order valence-electron chi connectivity index (χ1n) is 9.12. The molecule has 1 saturated heterocycles. The maximum absolute atomic E-state index is 12.8. The van der Waals surface area contributed by atoms with Gasteiger partial charge in [-0.05, 0) is 31.0 Å². The van der Waals surface area contributed by atoms with E-state index in [0.29, 0.717) is 16.1 Å². The van der Waals surface area contributed by atoms with Crippen molar-refractivity contribution in [2.75, 3.05) is 6.54 Å². The Kier molecular flexibility index (Phi) is 6.03. The van der Waals surface area contributed by atoms with Crippen LogP contribution >= 0.6 is 11.6 Å². The average molecular weight is 414 g/mol. The van der Waals surface area contributed by atoms with Crippen LogP contribution in [0.25, 0.3) is 5.76 Å². The summed E-state index contributed by atoms with van der Waals surface area (Å²) in [5.41, 5.74) is 2.01. The molecule has 1 atom stereocenters. The summed E-state index contributed by atoms with van der Waals surface area (Å²) in [5, 5.41) is 20.3. The highest BCUT2D eigenvalue weighted by atomic mass is 35.5. The van der Waals surface area contributed by atoms with Crippen molar-refractivity contribution in [2.45, 2.75) is 25.8 Å². The zero-order chi connectivity index (χ0) is 21.1. The number of halogens is 1. The van der Waals surface area contributed by atoms with Crippen molar-refractivity contribution in [3.8, 4) is 0 Å². The Morgan fingerprint density at radius 3 is 2.24 bits per heavy atom. The molecular formula is C22H20ClNO5. The number of hydrogen-bond acceptors (Lipinski definition) is 4. The molecule has 0 radical (unpaired) electrons. The molecule has 1 fully saturated rings. The van der Waals surface area contributed by atoms with E-state index in [1.807, 2.05) is 6.92 Å². The number of aliphatic carboxylic acids is 1. The lowest BCUT2D eigenvalue weighted by atomic mass is 9.95. The third kappa shape index (κ3) is 4.32. The number of aliphatic hydroxyl groups is 1. The van der Waals surface area contributed by atoms with Crippen LogP contribution in [0, 0.1) is 6.92 Å². The van der Waals surface area contributed by atoms with Gasteiger partial charge in [0.15, 0.2) is 0 Å². The first kappa shape index (κ1) is 20.6. The summed E-state index contributed by atoms with van der Waals surface area (Å²) < 4.78 is 0. The van der Waals surface area contributed by atoms with Gasteiger partial charge in [-0.2, -0.15) is 0 Å². The zero-order valence-electron chi connectivity index (χ0n) is 15.8. The summed E-state index contributed by atoms with van der Waals surface area (Å²) in [6.45, 7) is 1.98. The Bertz CT molecular complexity index is 979. The van der Waals surface area contributed by atoms with E-state index in [1.54, 1.807) is 48.5 Å². The van der Waals surface area contributed by atoms with Crippen LogP contribution in [0.2, 0.25) is 5.02 Å². The van der Waals surface area contributed by atoms with E-state index in [9.17, 15) is 19.5 Å². The van der Waals surface area contributed by atoms with Crippen molar-refractivity contribution in [1.29, 1.82) is 0 Å². The molecule has 7 heteroatoms. The van der Waals surface area contributed by atoms with Crippen LogP contribution in [-0.4, -0.2) is 39.3 Å². The Morgan fingerprint density at radius 1 is 1.03 bits per heavy atom. The molecule has 1 aliphatic heterocycles. The number of benzene rings is 2. The highest BCUT2D eigenvalue weighted by molar-refractivity contribution is 6.46. The minimum absolute atomic E-state index is 0.0171. The van der Waals surface area contributed by atoms with Gasteiger partial charge >= 0.3 is 5.97 Å². The number of Topliss-reactive ketones (excluding diaryl/α,β-unsaturated/α-hetero) is 1. The van der Waals surface area contributed by atoms with Crippen molar-refractivity contribution < 1.29 is 24.6 Å². The highest BCUT2D eigenvalue weighted by Crippen LogP contribution is 2.39. The second kappa shape index (κ2) is 8.49. The lowest BCUT2D eigenvalue weighted by molar-refractivity contribution is -0.140. The molecule has 6 nitrogen and oxygen atoms in total. The van der Waals surface area contributed by atoms with Crippen molar-refractivity contribution in [1.82, 2.24) is 4.90 Å². The normalized spacial score (nSPS) is 18.3. The molecular weight excluding hydrogens is 394 g/mol. The number of carboxylic acids is 1. The number of ketones is 1. The molecule has 2 N–H and O–H groups in total. The number of amides is 1. The summed E-state index contributed by atoms with van der Waals surface area (Å²) in [4.78, 5) is 37.7. The number of carbonyl (C=O) groups is 3. The summed E-state index contributed by atoms with van der Waals surface area (Å²) in [7, 11) is 0. The number of likely N-dealkylation sites (tertiary alicyclic amines) is 1. The molecule has 29 heavy (non-hydrogen) atoms. The van der Waals surface area contributed by atoms with E-state index in [-0.39, 0.29) is 30.7 Å². The SMILES string of the molecule is Cc1ccc(C(O)=C2C(=O)C(=O)N(CCCC(=O)O)C2c2ccc(Cl)cc2)cc1. The maximum atomic E-state index is 12.8. The zero-order valence-corrected chi connectivity index (χ0v) is 16.5. The first-order valence-corrected chi connectivity index (χ1v) is 9.50. The van der Waals surface area contributed by atoms with Gasteiger partial charge < -0.3 is 15.1 Å². The van der Waals surface area contributed by atoms with E-state index < -0.39 is 23.7 Å². The lowest BCUT2D eigenvalue weighted by Crippen LogP contribution is -2.31. The molecule has 2 aromatic carbocycles. The predicted octanol–water partition coefficient (Wildman–Crippen LogP) is 3.93. The molecule has 1 heterocycles. The van der Waals surface area contributed by atoms with E-state index in [0.717, 1.165) is 5.56 Å². The number of aliphatic hydroxyl groups excluding tert-OH is 1. The van der Waals surface area contributed by atoms with Crippen LogP contribution in [0.5, 0.6) is 0 Å². The van der Waals surface area contributed by atoms with Gasteiger partial charge in [-0.3, -0.25) is 14.4 Å². The highest BCUT2D eigenvalue weighted by Gasteiger charge is 2.45. The lowest BCUT2D eigenvalue weighted by Gasteiger charge is -2.25. The van der Waals surface area contributed by atoms with Gasteiger partial charge in [-0.1, -0.05) is 53.6 Å². The molecule has 0 spiro atoms. The third-order valence-electron chi connectivity index (χ3n) is 4.84. The standard InChI is InChI=1S/C22H20ClNO5/c1-13-4-6-15(7-5-13)20(27)18-19(14-8-10-16(23)11-9-14)24(22(29)21(18)28)12-2-3-17(25)26/h4-11,19,27H,2-3,12H2,1H3,(H,25,26). The fourth-order valence-corrected chi connectivity index (χ4v) is 3.50. The minimum Gasteiger partial charge on any atom is -0.507 e. The van der Waals surface area contributed by atoms with Gasteiger partial charge in [0.25, 0.3) is 11.7 Å². The second-order valence-electron chi connectivity index (χ2n) is 6.91. The molecule has 0 aliphatic carbocycles. The summed E-state index contributed by atoms with van der Waals surface area (Å²) in [6.07, 6.45) is 0.0608. The first-order chi connectivity index (χ1) is 13.8. The number of rotatable bonds is 6. The fraction of sp³-hybridized carbons (Fsp3) is 0.227. The van der Waals surface area contributed by atoms with Crippen molar-refractivity contribution in [3.63, 3.8) is 0 Å². The quantitative estimate of drug-likeness (QED) is 0.425. The number of hydrogen-bond donors (Lipinski definition) is 2. The second-order valence-corrected chi connectivity index (χ2v) is 7.34. The van der Waals surface area contributed by atoms with Crippen LogP contribution in [-0.2, 0) is 14.4 Å². The number of aryl methyl sites for hydroxylation is 1. The van der Waals surface area contributed by atoms with Gasteiger partial charge in [0.1, 0.15) is 5.76 Å². The van der Waals surface area contributed by atoms with Crippen molar-refractivity contribution in [3.05, 3.63) is 75.8 Å². The van der Waals surface area contributed by atoms with E-state index >= 15 is 0 Å². The van der Waals surface area contributed by atoms with E-state index in [4.69, 9.17) is 16.7 Å². The molecule has 1 aliphatic rings. The smallest absolute Gasteiger partial charge is 0.303 e. The van der Waals surface area contributed by atoms with Crippen LogP contribution < -0.4 is 0 Å². The van der Waals surface area contributed by atoms with Gasteiger partial charge in [0.2, 0.25) is 0 Å². The molecule has 2 aromatic rings. The molecule has 3 rings (SSSR count). The van der Waals surface area contributed by atoms with Gasteiger partial charge in [-0.25, -0.2) is 0 Å². The van der Waals surface area contributed by atoms with Crippen LogP contribution in [0.4, 0.5) is 0 Å². The van der Waals surface area contributed by atoms with Gasteiger partial charge in [0, 0.05) is 23.6 Å². The maximum Gasteiger partial charge on any atom is 0.303 e. The van der Waals surface area contributed by atoms with E-state index in [2.05, 4.69) is 0 Å². The van der Waals surface area contributed by atoms with E-state index in [1.165, 1.54) is 4.90 Å². The largest absolute Gasteiger partial charge is 0.507 e. The van der Waals surface area contributed by atoms with Crippen molar-refractivity contribution in [2.24, 2.45) is 0 Å². The Hall–Kier alpha value is -3.12. The monoisotopic (exact) mass is 413 g/mol. The average Bonchev–Trinajstić information content (AvgIpc) is 2.93. The molecule has 1 unspecified atom stereocenters. The molecule has 1 amide bonds. The fourth-order valence-electron chi connectivity index (χ4n) is 3.37. The molecule has 0 saturated carbocycles. The van der Waals surface area contributed by atoms with Gasteiger partial charge in [0.05, 0.1) is 11.6 Å². The summed E-state index contributed by atoms with van der Waals surface area (Å²) in [5.74, 6) is -2.80. The Balaban J connectivity index is 2.08. The minimum atomic E-state index is -0.982. The molecule has 150 valence electrons. The summed E-state index contributed by atoms with van der Waals surface area (Å²) >= 11 is 5.97. The number of nitrogens with zero attached hydrogens (tertiary/aromatic N) is 1. The topological polar surface area (TPSA) is 94.9 Å². The predicted molar refractivity (Wildman–Crippen MR) is 109 cm³/mol. The Morgan fingerprint density at radius 2 is 1.66 bits per heavy atom. The molecule has 0 bridgehead atoms. The van der Waals surface area contributed by atoms with Crippen LogP contribution in [0.15, 0.2) is 54.1 Å². The van der Waals surface area contributed by atoms with Gasteiger partial charge in [-0.15, -0.1) is 0 Å².